The number of carbonyl (C=O) groups is 3. The summed E-state index contributed by atoms with van der Waals surface area (Å²) in [4.78, 5) is 54.6. The van der Waals surface area contributed by atoms with E-state index in [1.807, 2.05) is 28.6 Å². The SMILES string of the molecule is C[C@@H]1CN(c2ccc(C#N)c(Cl)c2)[C@@H](C)CN1C(=O)c1ccc(OCCCCCN2CCC(n3ncc4c(N5CCC(=O)NC5=O)cncc43)CC2)nc1. The van der Waals surface area contributed by atoms with Crippen LogP contribution >= 0.6 is 11.6 Å². The molecule has 0 spiro atoms. The molecule has 0 radical (unpaired) electrons. The van der Waals surface area contributed by atoms with Crippen molar-refractivity contribution in [2.75, 3.05) is 55.7 Å². The molecule has 0 saturated carbocycles. The van der Waals surface area contributed by atoms with Crippen molar-refractivity contribution in [2.24, 2.45) is 0 Å². The average Bonchev–Trinajstić information content (AvgIpc) is 3.62. The van der Waals surface area contributed by atoms with Crippen molar-refractivity contribution in [3.8, 4) is 11.9 Å². The molecule has 0 bridgehead atoms. The van der Waals surface area contributed by atoms with Crippen LogP contribution in [0.2, 0.25) is 5.02 Å². The lowest BCUT2D eigenvalue weighted by Gasteiger charge is -2.45. The molecule has 15 heteroatoms. The Morgan fingerprint density at radius 2 is 1.83 bits per heavy atom. The average molecular weight is 753 g/mol. The predicted octanol–water partition coefficient (Wildman–Crippen LogP) is 5.42. The molecule has 0 unspecified atom stereocenters. The van der Waals surface area contributed by atoms with E-state index in [0.717, 1.165) is 68.3 Å². The summed E-state index contributed by atoms with van der Waals surface area (Å²) in [6, 6.07) is 11.0. The number of aromatic nitrogens is 4. The topological polar surface area (TPSA) is 153 Å². The number of benzene rings is 1. The van der Waals surface area contributed by atoms with Gasteiger partial charge in [0.05, 0.1) is 58.6 Å². The van der Waals surface area contributed by atoms with E-state index in [-0.39, 0.29) is 36.4 Å². The third-order valence-corrected chi connectivity index (χ3v) is 11.1. The van der Waals surface area contributed by atoms with Crippen molar-refractivity contribution in [1.29, 1.82) is 5.26 Å². The zero-order chi connectivity index (χ0) is 37.8. The summed E-state index contributed by atoms with van der Waals surface area (Å²) in [6.45, 7) is 9.23. The fourth-order valence-electron chi connectivity index (χ4n) is 7.72. The lowest BCUT2D eigenvalue weighted by molar-refractivity contribution is -0.120. The molecular formula is C39H45ClN10O4. The second kappa shape index (κ2) is 16.4. The molecule has 3 fully saturated rings. The summed E-state index contributed by atoms with van der Waals surface area (Å²) in [5.41, 5.74) is 3.50. The van der Waals surface area contributed by atoms with Gasteiger partial charge in [-0.05, 0) is 76.8 Å². The minimum absolute atomic E-state index is 0.0275. The van der Waals surface area contributed by atoms with E-state index in [1.54, 1.807) is 47.9 Å². The standard InChI is InChI=1S/C39H45ClN10O4/c1-26-25-49(27(2)24-48(26)31-8-6-28(19-41)33(40)18-31)38(52)29-7-9-37(43-20-29)54-17-5-3-4-13-46-14-10-30(11-15-46)50-35-23-42-22-34(32(35)21-44-50)47-16-12-36(51)45-39(47)53/h6-9,18,20-23,26-27,30H,3-5,10-17,24-25H2,1-2H3,(H,45,51,53)/t26-,27+/m0/s1. The van der Waals surface area contributed by atoms with Gasteiger partial charge in [0.15, 0.2) is 0 Å². The Morgan fingerprint density at radius 1 is 1.00 bits per heavy atom. The number of likely N-dealkylation sites (tertiary alicyclic amines) is 1. The number of amides is 4. The maximum absolute atomic E-state index is 13.5. The van der Waals surface area contributed by atoms with Crippen molar-refractivity contribution in [3.63, 3.8) is 0 Å². The number of piperidine rings is 1. The number of anilines is 2. The summed E-state index contributed by atoms with van der Waals surface area (Å²) >= 11 is 6.29. The number of unbranched alkanes of at least 4 members (excludes halogenated alkanes) is 2. The van der Waals surface area contributed by atoms with Gasteiger partial charge in [-0.1, -0.05) is 11.6 Å². The van der Waals surface area contributed by atoms with Crippen LogP contribution in [0.3, 0.4) is 0 Å². The van der Waals surface area contributed by atoms with Crippen LogP contribution in [0.25, 0.3) is 10.9 Å². The van der Waals surface area contributed by atoms with E-state index in [9.17, 15) is 19.6 Å². The summed E-state index contributed by atoms with van der Waals surface area (Å²) in [5, 5.41) is 17.6. The number of piperazine rings is 1. The number of carbonyl (C=O) groups excluding carboxylic acids is 3. The van der Waals surface area contributed by atoms with Gasteiger partial charge in [-0.25, -0.2) is 9.78 Å². The Labute approximate surface area is 319 Å². The van der Waals surface area contributed by atoms with Gasteiger partial charge in [0, 0.05) is 74.6 Å². The van der Waals surface area contributed by atoms with Crippen LogP contribution in [-0.2, 0) is 4.79 Å². The van der Waals surface area contributed by atoms with E-state index < -0.39 is 6.03 Å². The molecule has 54 heavy (non-hydrogen) atoms. The second-order valence-corrected chi connectivity index (χ2v) is 14.8. The van der Waals surface area contributed by atoms with Crippen LogP contribution in [0.5, 0.6) is 5.88 Å². The molecule has 282 valence electrons. The van der Waals surface area contributed by atoms with Gasteiger partial charge in [-0.3, -0.25) is 29.5 Å². The minimum atomic E-state index is -0.423. The Kier molecular flexibility index (Phi) is 11.3. The molecule has 1 N–H and O–H groups in total. The van der Waals surface area contributed by atoms with Crippen molar-refractivity contribution in [1.82, 2.24) is 34.9 Å². The number of rotatable bonds is 11. The van der Waals surface area contributed by atoms with E-state index in [4.69, 9.17) is 21.4 Å². The summed E-state index contributed by atoms with van der Waals surface area (Å²) in [6.07, 6.45) is 12.1. The number of imide groups is 1. The van der Waals surface area contributed by atoms with Crippen molar-refractivity contribution < 1.29 is 19.1 Å². The number of ether oxygens (including phenoxy) is 1. The van der Waals surface area contributed by atoms with Crippen LogP contribution in [0, 0.1) is 11.3 Å². The number of halogens is 1. The normalized spacial score (nSPS) is 19.9. The van der Waals surface area contributed by atoms with E-state index in [1.165, 1.54) is 0 Å². The molecule has 14 nitrogen and oxygen atoms in total. The number of hydrogen-bond acceptors (Lipinski definition) is 10. The smallest absolute Gasteiger partial charge is 0.328 e. The van der Waals surface area contributed by atoms with Crippen LogP contribution in [0.15, 0.2) is 55.1 Å². The van der Waals surface area contributed by atoms with Gasteiger partial charge in [0.2, 0.25) is 11.8 Å². The largest absolute Gasteiger partial charge is 0.478 e. The molecule has 3 saturated heterocycles. The summed E-state index contributed by atoms with van der Waals surface area (Å²) in [5.74, 6) is 0.199. The molecule has 4 aromatic rings. The molecule has 0 aliphatic carbocycles. The Balaban J connectivity index is 0.812. The maximum atomic E-state index is 13.5. The van der Waals surface area contributed by atoms with E-state index in [0.29, 0.717) is 54.0 Å². The fraction of sp³-hybridized carbons (Fsp3) is 0.462. The summed E-state index contributed by atoms with van der Waals surface area (Å²) in [7, 11) is 0. The molecule has 1 aromatic carbocycles. The Hall–Kier alpha value is -5.26. The molecule has 4 amide bonds. The van der Waals surface area contributed by atoms with Crippen LogP contribution < -0.4 is 19.9 Å². The number of hydrogen-bond donors (Lipinski definition) is 1. The number of nitriles is 1. The lowest BCUT2D eigenvalue weighted by Crippen LogP contribution is -2.58. The number of urea groups is 1. The highest BCUT2D eigenvalue weighted by Crippen LogP contribution is 2.32. The fourth-order valence-corrected chi connectivity index (χ4v) is 7.94. The van der Waals surface area contributed by atoms with Crippen molar-refractivity contribution >= 4 is 51.7 Å². The molecular weight excluding hydrogens is 708 g/mol. The zero-order valence-corrected chi connectivity index (χ0v) is 31.4. The van der Waals surface area contributed by atoms with E-state index in [2.05, 4.69) is 38.1 Å². The third kappa shape index (κ3) is 7.97. The van der Waals surface area contributed by atoms with Gasteiger partial charge < -0.3 is 19.4 Å². The zero-order valence-electron chi connectivity index (χ0n) is 30.7. The molecule has 2 atom stereocenters. The van der Waals surface area contributed by atoms with Gasteiger partial charge in [-0.2, -0.15) is 10.4 Å². The lowest BCUT2D eigenvalue weighted by atomic mass is 10.0. The minimum Gasteiger partial charge on any atom is -0.478 e. The first-order valence-electron chi connectivity index (χ1n) is 18.7. The van der Waals surface area contributed by atoms with Crippen LogP contribution in [-0.4, -0.2) is 105 Å². The number of nitrogens with zero attached hydrogens (tertiary/aromatic N) is 9. The second-order valence-electron chi connectivity index (χ2n) is 14.4. The number of nitrogens with one attached hydrogen (secondary N) is 1. The van der Waals surface area contributed by atoms with Gasteiger partial charge in [0.1, 0.15) is 6.07 Å². The molecule has 3 aliphatic heterocycles. The molecule has 7 rings (SSSR count). The van der Waals surface area contributed by atoms with E-state index >= 15 is 0 Å². The van der Waals surface area contributed by atoms with Crippen LogP contribution in [0.1, 0.15) is 74.3 Å². The quantitative estimate of drug-likeness (QED) is 0.197. The first kappa shape index (κ1) is 37.1. The van der Waals surface area contributed by atoms with Gasteiger partial charge in [0.25, 0.3) is 5.91 Å². The first-order valence-corrected chi connectivity index (χ1v) is 19.1. The van der Waals surface area contributed by atoms with Crippen LogP contribution in [0.4, 0.5) is 16.2 Å². The van der Waals surface area contributed by atoms with Gasteiger partial charge in [-0.15, -0.1) is 0 Å². The Bertz CT molecular complexity index is 2040. The third-order valence-electron chi connectivity index (χ3n) is 10.8. The monoisotopic (exact) mass is 752 g/mol. The predicted molar refractivity (Wildman–Crippen MR) is 205 cm³/mol. The summed E-state index contributed by atoms with van der Waals surface area (Å²) < 4.78 is 7.96. The highest BCUT2D eigenvalue weighted by atomic mass is 35.5. The van der Waals surface area contributed by atoms with Gasteiger partial charge >= 0.3 is 6.03 Å². The highest BCUT2D eigenvalue weighted by molar-refractivity contribution is 6.32. The number of fused-ring (bicyclic) bond motifs is 1. The van der Waals surface area contributed by atoms with Crippen molar-refractivity contribution in [2.45, 2.75) is 70.5 Å². The molecule has 3 aromatic heterocycles. The maximum Gasteiger partial charge on any atom is 0.328 e. The molecule has 6 heterocycles. The first-order chi connectivity index (χ1) is 26.2. The Morgan fingerprint density at radius 3 is 2.57 bits per heavy atom. The van der Waals surface area contributed by atoms with Crippen molar-refractivity contribution in [3.05, 3.63) is 71.3 Å². The number of pyridine rings is 2. The highest BCUT2D eigenvalue weighted by Gasteiger charge is 2.33. The molecule has 3 aliphatic rings.